The maximum atomic E-state index is 11.9. The number of aliphatic hydroxyl groups excluding tert-OH is 1. The lowest BCUT2D eigenvalue weighted by Crippen LogP contribution is -2.41. The van der Waals surface area contributed by atoms with Crippen LogP contribution in [0.1, 0.15) is 57.8 Å². The molecule has 0 bridgehead atoms. The molecule has 1 saturated carbocycles. The normalized spacial score (nSPS) is 24.9. The van der Waals surface area contributed by atoms with E-state index in [9.17, 15) is 9.90 Å². The molecule has 4 nitrogen and oxygen atoms in total. The van der Waals surface area contributed by atoms with Crippen molar-refractivity contribution in [1.29, 1.82) is 0 Å². The first-order valence-electron chi connectivity index (χ1n) is 8.41. The number of nitrogens with zero attached hydrogens (tertiary/aromatic N) is 1. The molecule has 1 saturated heterocycles. The lowest BCUT2D eigenvalue weighted by atomic mass is 9.86. The van der Waals surface area contributed by atoms with E-state index in [-0.39, 0.29) is 18.6 Å². The zero-order valence-electron chi connectivity index (χ0n) is 12.6. The smallest absolute Gasteiger partial charge is 0.234 e. The van der Waals surface area contributed by atoms with Crippen LogP contribution >= 0.6 is 0 Å². The van der Waals surface area contributed by atoms with Crippen LogP contribution in [-0.2, 0) is 4.79 Å². The van der Waals surface area contributed by atoms with Crippen molar-refractivity contribution < 1.29 is 9.90 Å². The summed E-state index contributed by atoms with van der Waals surface area (Å²) in [5, 5.41) is 12.3. The van der Waals surface area contributed by atoms with Crippen molar-refractivity contribution >= 4 is 5.91 Å². The highest BCUT2D eigenvalue weighted by molar-refractivity contribution is 5.78. The Morgan fingerprint density at radius 1 is 1.15 bits per heavy atom. The molecule has 116 valence electrons. The van der Waals surface area contributed by atoms with Gasteiger partial charge in [-0.1, -0.05) is 32.1 Å². The van der Waals surface area contributed by atoms with Gasteiger partial charge in [0, 0.05) is 12.6 Å². The summed E-state index contributed by atoms with van der Waals surface area (Å²) in [5.41, 5.74) is 0. The highest BCUT2D eigenvalue weighted by Crippen LogP contribution is 2.26. The SMILES string of the molecule is O=C(CN1CCC[C@@H]1CO)NCCCC1CCCCC1. The molecule has 2 fully saturated rings. The number of carbonyl (C=O) groups is 1. The van der Waals surface area contributed by atoms with Crippen molar-refractivity contribution in [3.05, 3.63) is 0 Å². The third-order valence-electron chi connectivity index (χ3n) is 4.89. The van der Waals surface area contributed by atoms with Gasteiger partial charge in [0.15, 0.2) is 0 Å². The molecule has 0 spiro atoms. The number of aliphatic hydroxyl groups is 1. The predicted octanol–water partition coefficient (Wildman–Crippen LogP) is 1.92. The van der Waals surface area contributed by atoms with Gasteiger partial charge >= 0.3 is 0 Å². The molecule has 0 aromatic carbocycles. The van der Waals surface area contributed by atoms with Crippen molar-refractivity contribution in [3.8, 4) is 0 Å². The standard InChI is InChI=1S/C16H30N2O2/c19-13-15-9-5-11-18(15)12-16(20)17-10-4-8-14-6-2-1-3-7-14/h14-15,19H,1-13H2,(H,17,20)/t15-/m1/s1. The minimum absolute atomic E-state index is 0.119. The molecule has 20 heavy (non-hydrogen) atoms. The van der Waals surface area contributed by atoms with Gasteiger partial charge in [-0.15, -0.1) is 0 Å². The Morgan fingerprint density at radius 3 is 2.70 bits per heavy atom. The first kappa shape index (κ1) is 15.8. The van der Waals surface area contributed by atoms with Gasteiger partial charge in [0.2, 0.25) is 5.91 Å². The van der Waals surface area contributed by atoms with E-state index in [0.29, 0.717) is 6.54 Å². The summed E-state index contributed by atoms with van der Waals surface area (Å²) in [6.45, 7) is 2.39. The molecule has 1 aliphatic heterocycles. The number of amides is 1. The van der Waals surface area contributed by atoms with Crippen molar-refractivity contribution in [2.75, 3.05) is 26.2 Å². The fraction of sp³-hybridized carbons (Fsp3) is 0.938. The number of hydrogen-bond donors (Lipinski definition) is 2. The molecule has 1 aliphatic carbocycles. The Labute approximate surface area is 122 Å². The maximum Gasteiger partial charge on any atom is 0.234 e. The number of likely N-dealkylation sites (tertiary alicyclic amines) is 1. The molecule has 1 heterocycles. The minimum atomic E-state index is 0.119. The molecule has 2 rings (SSSR count). The molecule has 2 N–H and O–H groups in total. The van der Waals surface area contributed by atoms with Crippen LogP contribution in [0.4, 0.5) is 0 Å². The Balaban J connectivity index is 1.53. The van der Waals surface area contributed by atoms with E-state index in [1.165, 1.54) is 38.5 Å². The Hall–Kier alpha value is -0.610. The van der Waals surface area contributed by atoms with E-state index in [2.05, 4.69) is 10.2 Å². The lowest BCUT2D eigenvalue weighted by Gasteiger charge is -2.22. The molecule has 0 aromatic rings. The summed E-state index contributed by atoms with van der Waals surface area (Å²) >= 11 is 0. The summed E-state index contributed by atoms with van der Waals surface area (Å²) < 4.78 is 0. The quantitative estimate of drug-likeness (QED) is 0.702. The van der Waals surface area contributed by atoms with E-state index in [1.54, 1.807) is 0 Å². The van der Waals surface area contributed by atoms with Gasteiger partial charge < -0.3 is 10.4 Å². The van der Waals surface area contributed by atoms with E-state index in [1.807, 2.05) is 0 Å². The van der Waals surface area contributed by atoms with Crippen LogP contribution in [0.2, 0.25) is 0 Å². The molecule has 0 aromatic heterocycles. The molecule has 1 amide bonds. The van der Waals surface area contributed by atoms with Crippen molar-refractivity contribution in [3.63, 3.8) is 0 Å². The van der Waals surface area contributed by atoms with Crippen LogP contribution in [-0.4, -0.2) is 48.2 Å². The summed E-state index contributed by atoms with van der Waals surface area (Å²) in [4.78, 5) is 14.0. The summed E-state index contributed by atoms with van der Waals surface area (Å²) in [5.74, 6) is 1.02. The lowest BCUT2D eigenvalue weighted by molar-refractivity contribution is -0.122. The molecule has 0 radical (unpaired) electrons. The van der Waals surface area contributed by atoms with Crippen molar-refractivity contribution in [1.82, 2.24) is 10.2 Å². The molecule has 4 heteroatoms. The number of carbonyl (C=O) groups excluding carboxylic acids is 1. The van der Waals surface area contributed by atoms with E-state index in [0.717, 1.165) is 38.3 Å². The van der Waals surface area contributed by atoms with Gasteiger partial charge in [0.1, 0.15) is 0 Å². The van der Waals surface area contributed by atoms with E-state index < -0.39 is 0 Å². The highest BCUT2D eigenvalue weighted by Gasteiger charge is 2.25. The van der Waals surface area contributed by atoms with Gasteiger partial charge in [0.05, 0.1) is 13.2 Å². The predicted molar refractivity (Wildman–Crippen MR) is 80.5 cm³/mol. The van der Waals surface area contributed by atoms with Gasteiger partial charge in [-0.2, -0.15) is 0 Å². The third kappa shape index (κ3) is 5.06. The van der Waals surface area contributed by atoms with Crippen LogP contribution in [0.15, 0.2) is 0 Å². The van der Waals surface area contributed by atoms with Crippen molar-refractivity contribution in [2.24, 2.45) is 5.92 Å². The van der Waals surface area contributed by atoms with E-state index >= 15 is 0 Å². The topological polar surface area (TPSA) is 52.6 Å². The Bertz CT molecular complexity index is 290. The first-order chi connectivity index (χ1) is 9.79. The fourth-order valence-corrected chi connectivity index (χ4v) is 3.64. The third-order valence-corrected chi connectivity index (χ3v) is 4.89. The van der Waals surface area contributed by atoms with Crippen LogP contribution < -0.4 is 5.32 Å². The maximum absolute atomic E-state index is 11.9. The fourth-order valence-electron chi connectivity index (χ4n) is 3.64. The highest BCUT2D eigenvalue weighted by atomic mass is 16.3. The second kappa shape index (κ2) is 8.63. The number of hydrogen-bond acceptors (Lipinski definition) is 3. The van der Waals surface area contributed by atoms with E-state index in [4.69, 9.17) is 0 Å². The van der Waals surface area contributed by atoms with Crippen LogP contribution in [0.3, 0.4) is 0 Å². The average Bonchev–Trinajstić information content (AvgIpc) is 2.92. The minimum Gasteiger partial charge on any atom is -0.395 e. The largest absolute Gasteiger partial charge is 0.395 e. The zero-order chi connectivity index (χ0) is 14.2. The molecule has 1 atom stereocenters. The number of nitrogens with one attached hydrogen (secondary N) is 1. The van der Waals surface area contributed by atoms with Crippen molar-refractivity contribution in [2.45, 2.75) is 63.8 Å². The Kier molecular flexibility index (Phi) is 6.80. The van der Waals surface area contributed by atoms with Crippen LogP contribution in [0.25, 0.3) is 0 Å². The second-order valence-corrected chi connectivity index (χ2v) is 6.45. The monoisotopic (exact) mass is 282 g/mol. The van der Waals surface area contributed by atoms with Crippen LogP contribution in [0, 0.1) is 5.92 Å². The molecule has 0 unspecified atom stereocenters. The van der Waals surface area contributed by atoms with Gasteiger partial charge in [-0.25, -0.2) is 0 Å². The zero-order valence-corrected chi connectivity index (χ0v) is 12.6. The summed E-state index contributed by atoms with van der Waals surface area (Å²) in [7, 11) is 0. The second-order valence-electron chi connectivity index (χ2n) is 6.45. The molecular weight excluding hydrogens is 252 g/mol. The first-order valence-corrected chi connectivity index (χ1v) is 8.41. The van der Waals surface area contributed by atoms with Gasteiger partial charge in [-0.05, 0) is 38.1 Å². The molecule has 2 aliphatic rings. The van der Waals surface area contributed by atoms with Gasteiger partial charge in [-0.3, -0.25) is 9.69 Å². The average molecular weight is 282 g/mol. The number of rotatable bonds is 7. The van der Waals surface area contributed by atoms with Gasteiger partial charge in [0.25, 0.3) is 0 Å². The van der Waals surface area contributed by atoms with Crippen LogP contribution in [0.5, 0.6) is 0 Å². The Morgan fingerprint density at radius 2 is 1.95 bits per heavy atom. The summed E-state index contributed by atoms with van der Waals surface area (Å²) in [6, 6.07) is 0.197. The summed E-state index contributed by atoms with van der Waals surface area (Å²) in [6.07, 6.45) is 11.5. The molecular formula is C16H30N2O2.